The highest BCUT2D eigenvalue weighted by Crippen LogP contribution is 2.26. The molecule has 2 aromatic rings. The Labute approximate surface area is 147 Å². The van der Waals surface area contributed by atoms with E-state index in [2.05, 4.69) is 41.6 Å². The molecule has 3 heterocycles. The van der Waals surface area contributed by atoms with Crippen molar-refractivity contribution >= 4 is 11.7 Å². The van der Waals surface area contributed by atoms with Crippen LogP contribution in [0, 0.1) is 13.8 Å². The number of anilines is 1. The first-order valence-corrected chi connectivity index (χ1v) is 8.67. The van der Waals surface area contributed by atoms with Crippen LogP contribution < -0.4 is 5.32 Å². The molecular formula is C17H26N6O2. The predicted octanol–water partition coefficient (Wildman–Crippen LogP) is 3.05. The summed E-state index contributed by atoms with van der Waals surface area (Å²) in [5.41, 5.74) is 2.34. The van der Waals surface area contributed by atoms with Gasteiger partial charge >= 0.3 is 6.03 Å². The van der Waals surface area contributed by atoms with E-state index in [1.165, 1.54) is 0 Å². The van der Waals surface area contributed by atoms with Gasteiger partial charge in [-0.05, 0) is 26.7 Å². The SMILES string of the molecule is Cc1noc(C)c1NC(=O)N1CCC(n2cc(C(C)(C)C)nn2)CC1. The number of rotatable bonds is 2. The lowest BCUT2D eigenvalue weighted by molar-refractivity contribution is 0.179. The van der Waals surface area contributed by atoms with Gasteiger partial charge in [0.2, 0.25) is 0 Å². The van der Waals surface area contributed by atoms with Crippen LogP contribution in [-0.4, -0.2) is 44.2 Å². The molecule has 8 heteroatoms. The third-order valence-corrected chi connectivity index (χ3v) is 4.67. The molecule has 136 valence electrons. The first-order chi connectivity index (χ1) is 11.8. The van der Waals surface area contributed by atoms with Gasteiger partial charge in [-0.15, -0.1) is 5.10 Å². The summed E-state index contributed by atoms with van der Waals surface area (Å²) in [6, 6.07) is 0.175. The fourth-order valence-corrected chi connectivity index (χ4v) is 2.98. The molecule has 0 radical (unpaired) electrons. The maximum atomic E-state index is 12.5. The molecule has 0 spiro atoms. The van der Waals surface area contributed by atoms with Crippen LogP contribution >= 0.6 is 0 Å². The fourth-order valence-electron chi connectivity index (χ4n) is 2.98. The van der Waals surface area contributed by atoms with E-state index >= 15 is 0 Å². The number of likely N-dealkylation sites (tertiary alicyclic amines) is 1. The average Bonchev–Trinajstić information content (AvgIpc) is 3.17. The van der Waals surface area contributed by atoms with Gasteiger partial charge < -0.3 is 14.7 Å². The molecule has 0 unspecified atom stereocenters. The van der Waals surface area contributed by atoms with Gasteiger partial charge in [0.15, 0.2) is 5.76 Å². The van der Waals surface area contributed by atoms with Crippen molar-refractivity contribution in [2.75, 3.05) is 18.4 Å². The van der Waals surface area contributed by atoms with Crippen LogP contribution in [0.25, 0.3) is 0 Å². The van der Waals surface area contributed by atoms with E-state index in [1.807, 2.05) is 22.7 Å². The maximum Gasteiger partial charge on any atom is 0.321 e. The molecule has 2 amide bonds. The lowest BCUT2D eigenvalue weighted by atomic mass is 9.93. The van der Waals surface area contributed by atoms with Gasteiger partial charge in [0.05, 0.1) is 11.7 Å². The van der Waals surface area contributed by atoms with Crippen molar-refractivity contribution in [1.29, 1.82) is 0 Å². The minimum Gasteiger partial charge on any atom is -0.359 e. The van der Waals surface area contributed by atoms with E-state index in [-0.39, 0.29) is 17.5 Å². The molecule has 0 bridgehead atoms. The molecule has 1 aliphatic heterocycles. The topological polar surface area (TPSA) is 89.1 Å². The van der Waals surface area contributed by atoms with Crippen LogP contribution in [0.2, 0.25) is 0 Å². The second-order valence-electron chi connectivity index (χ2n) is 7.68. The lowest BCUT2D eigenvalue weighted by Gasteiger charge is -2.31. The maximum absolute atomic E-state index is 12.5. The van der Waals surface area contributed by atoms with Crippen molar-refractivity contribution in [2.24, 2.45) is 0 Å². The first kappa shape index (κ1) is 17.4. The summed E-state index contributed by atoms with van der Waals surface area (Å²) in [6.45, 7) is 11.4. The van der Waals surface area contributed by atoms with Crippen LogP contribution in [0.5, 0.6) is 0 Å². The number of carbonyl (C=O) groups excluding carboxylic acids is 1. The zero-order valence-corrected chi connectivity index (χ0v) is 15.5. The van der Waals surface area contributed by atoms with E-state index in [4.69, 9.17) is 4.52 Å². The van der Waals surface area contributed by atoms with E-state index in [1.54, 1.807) is 6.92 Å². The average molecular weight is 346 g/mol. The summed E-state index contributed by atoms with van der Waals surface area (Å²) in [5.74, 6) is 0.623. The van der Waals surface area contributed by atoms with Gasteiger partial charge in [-0.25, -0.2) is 9.48 Å². The molecule has 1 fully saturated rings. The summed E-state index contributed by atoms with van der Waals surface area (Å²) >= 11 is 0. The molecule has 1 N–H and O–H groups in total. The number of nitrogens with zero attached hydrogens (tertiary/aromatic N) is 5. The van der Waals surface area contributed by atoms with Crippen LogP contribution in [-0.2, 0) is 5.41 Å². The number of piperidine rings is 1. The zero-order valence-electron chi connectivity index (χ0n) is 15.5. The van der Waals surface area contributed by atoms with Gasteiger partial charge in [0, 0.05) is 24.7 Å². The van der Waals surface area contributed by atoms with Crippen molar-refractivity contribution in [1.82, 2.24) is 25.1 Å². The van der Waals surface area contributed by atoms with Gasteiger partial charge in [-0.2, -0.15) is 0 Å². The summed E-state index contributed by atoms with van der Waals surface area (Å²) in [6.07, 6.45) is 3.76. The van der Waals surface area contributed by atoms with E-state index in [0.29, 0.717) is 30.2 Å². The van der Waals surface area contributed by atoms with E-state index < -0.39 is 0 Å². The molecular weight excluding hydrogens is 320 g/mol. The Kier molecular flexibility index (Phi) is 4.53. The summed E-state index contributed by atoms with van der Waals surface area (Å²) < 4.78 is 7.03. The second-order valence-corrected chi connectivity index (χ2v) is 7.68. The number of aryl methyl sites for hydroxylation is 2. The fraction of sp³-hybridized carbons (Fsp3) is 0.647. The van der Waals surface area contributed by atoms with Crippen LogP contribution in [0.3, 0.4) is 0 Å². The highest BCUT2D eigenvalue weighted by Gasteiger charge is 2.27. The van der Waals surface area contributed by atoms with E-state index in [0.717, 1.165) is 18.5 Å². The third-order valence-electron chi connectivity index (χ3n) is 4.67. The van der Waals surface area contributed by atoms with Gasteiger partial charge in [-0.1, -0.05) is 31.1 Å². The Morgan fingerprint density at radius 3 is 2.48 bits per heavy atom. The molecule has 1 aliphatic rings. The summed E-state index contributed by atoms with van der Waals surface area (Å²) in [7, 11) is 0. The zero-order chi connectivity index (χ0) is 18.2. The molecule has 3 rings (SSSR count). The van der Waals surface area contributed by atoms with Gasteiger partial charge in [-0.3, -0.25) is 0 Å². The largest absolute Gasteiger partial charge is 0.359 e. The van der Waals surface area contributed by atoms with Crippen molar-refractivity contribution in [3.05, 3.63) is 23.3 Å². The number of aromatic nitrogens is 4. The minimum absolute atomic E-state index is 0.00676. The molecule has 25 heavy (non-hydrogen) atoms. The lowest BCUT2D eigenvalue weighted by Crippen LogP contribution is -2.41. The molecule has 0 aliphatic carbocycles. The first-order valence-electron chi connectivity index (χ1n) is 8.67. The Bertz CT molecular complexity index is 730. The Balaban J connectivity index is 1.58. The standard InChI is InChI=1S/C17H26N6O2/c1-11-15(12(2)25-20-11)18-16(24)22-8-6-13(7-9-22)23-10-14(19-21-23)17(3,4)5/h10,13H,6-9H2,1-5H3,(H,18,24). The monoisotopic (exact) mass is 346 g/mol. The molecule has 1 saturated heterocycles. The number of urea groups is 1. The third kappa shape index (κ3) is 3.67. The number of hydrogen-bond acceptors (Lipinski definition) is 5. The smallest absolute Gasteiger partial charge is 0.321 e. The Morgan fingerprint density at radius 1 is 1.28 bits per heavy atom. The van der Waals surface area contributed by atoms with Crippen molar-refractivity contribution in [3.8, 4) is 0 Å². The predicted molar refractivity (Wildman–Crippen MR) is 93.6 cm³/mol. The highest BCUT2D eigenvalue weighted by molar-refractivity contribution is 5.90. The minimum atomic E-state index is -0.109. The summed E-state index contributed by atoms with van der Waals surface area (Å²) in [5, 5.41) is 15.3. The summed E-state index contributed by atoms with van der Waals surface area (Å²) in [4.78, 5) is 14.3. The van der Waals surface area contributed by atoms with E-state index in [9.17, 15) is 4.79 Å². The Hall–Kier alpha value is -2.38. The number of carbonyl (C=O) groups is 1. The number of hydrogen-bond donors (Lipinski definition) is 1. The molecule has 0 atom stereocenters. The number of amides is 2. The quantitative estimate of drug-likeness (QED) is 0.903. The van der Waals surface area contributed by atoms with Crippen molar-refractivity contribution < 1.29 is 9.32 Å². The van der Waals surface area contributed by atoms with Gasteiger partial charge in [0.1, 0.15) is 11.4 Å². The number of nitrogens with one attached hydrogen (secondary N) is 1. The van der Waals surface area contributed by atoms with Crippen LogP contribution in [0.15, 0.2) is 10.7 Å². The molecule has 8 nitrogen and oxygen atoms in total. The van der Waals surface area contributed by atoms with Crippen LogP contribution in [0.4, 0.5) is 10.5 Å². The normalized spacial score (nSPS) is 16.3. The van der Waals surface area contributed by atoms with Gasteiger partial charge in [0.25, 0.3) is 0 Å². The molecule has 0 aromatic carbocycles. The highest BCUT2D eigenvalue weighted by atomic mass is 16.5. The van der Waals surface area contributed by atoms with Crippen molar-refractivity contribution in [2.45, 2.75) is 58.9 Å². The molecule has 2 aromatic heterocycles. The second kappa shape index (κ2) is 6.50. The molecule has 0 saturated carbocycles. The Morgan fingerprint density at radius 2 is 1.96 bits per heavy atom. The van der Waals surface area contributed by atoms with Crippen LogP contribution in [0.1, 0.15) is 56.8 Å². The van der Waals surface area contributed by atoms with Crippen molar-refractivity contribution in [3.63, 3.8) is 0 Å².